The van der Waals surface area contributed by atoms with Gasteiger partial charge in [-0.3, -0.25) is 4.79 Å². The highest BCUT2D eigenvalue weighted by molar-refractivity contribution is 7.91. The van der Waals surface area contributed by atoms with Crippen LogP contribution < -0.4 is 5.32 Å². The Labute approximate surface area is 135 Å². The number of benzene rings is 1. The molecule has 1 fully saturated rings. The summed E-state index contributed by atoms with van der Waals surface area (Å²) in [5, 5.41) is 2.67. The average molecular weight is 335 g/mol. The maximum absolute atomic E-state index is 12.2. The SMILES string of the molecule is Cc1nc2ccccc2n1CC(=O)NCC1CC(S(C)(=O)=O)C1. The number of carbonyl (C=O) groups excluding carboxylic acids is 1. The lowest BCUT2D eigenvalue weighted by atomic mass is 9.85. The fraction of sp³-hybridized carbons (Fsp3) is 0.500. The van der Waals surface area contributed by atoms with Crippen molar-refractivity contribution in [2.45, 2.75) is 31.6 Å². The number of nitrogens with zero attached hydrogens (tertiary/aromatic N) is 2. The Hall–Kier alpha value is -1.89. The summed E-state index contributed by atoms with van der Waals surface area (Å²) in [6.45, 7) is 2.65. The number of aromatic nitrogens is 2. The maximum Gasteiger partial charge on any atom is 0.240 e. The Morgan fingerprint density at radius 3 is 2.74 bits per heavy atom. The molecule has 1 aliphatic carbocycles. The highest BCUT2D eigenvalue weighted by atomic mass is 32.2. The molecule has 0 atom stereocenters. The van der Waals surface area contributed by atoms with Crippen LogP contribution in [0.25, 0.3) is 11.0 Å². The summed E-state index contributed by atoms with van der Waals surface area (Å²) in [7, 11) is -2.93. The van der Waals surface area contributed by atoms with E-state index in [0.29, 0.717) is 19.4 Å². The van der Waals surface area contributed by atoms with Crippen molar-refractivity contribution in [3.8, 4) is 0 Å². The predicted octanol–water partition coefficient (Wildman–Crippen LogP) is 1.28. The minimum atomic E-state index is -2.93. The van der Waals surface area contributed by atoms with Gasteiger partial charge in [0.25, 0.3) is 0 Å². The second-order valence-electron chi connectivity index (χ2n) is 6.33. The van der Waals surface area contributed by atoms with Crippen LogP contribution in [-0.4, -0.2) is 41.9 Å². The standard InChI is InChI=1S/C16H21N3O3S/c1-11-18-14-5-3-4-6-15(14)19(11)10-16(20)17-9-12-7-13(8-12)23(2,21)22/h3-6,12-13H,7-10H2,1-2H3,(H,17,20). The van der Waals surface area contributed by atoms with Crippen LogP contribution >= 0.6 is 0 Å². The Morgan fingerprint density at radius 2 is 2.04 bits per heavy atom. The van der Waals surface area contributed by atoms with Gasteiger partial charge in [-0.2, -0.15) is 0 Å². The first-order chi connectivity index (χ1) is 10.8. The molecule has 124 valence electrons. The molecule has 1 aromatic heterocycles. The molecule has 2 aromatic rings. The van der Waals surface area contributed by atoms with Gasteiger partial charge in [0.05, 0.1) is 16.3 Å². The highest BCUT2D eigenvalue weighted by Gasteiger charge is 2.36. The number of sulfone groups is 1. The van der Waals surface area contributed by atoms with Crippen molar-refractivity contribution >= 4 is 26.8 Å². The van der Waals surface area contributed by atoms with Crippen molar-refractivity contribution in [3.63, 3.8) is 0 Å². The van der Waals surface area contributed by atoms with Crippen molar-refractivity contribution in [3.05, 3.63) is 30.1 Å². The van der Waals surface area contributed by atoms with E-state index in [0.717, 1.165) is 16.9 Å². The summed E-state index contributed by atoms with van der Waals surface area (Å²) in [4.78, 5) is 16.6. The Balaban J connectivity index is 1.55. The molecule has 0 saturated heterocycles. The first-order valence-corrected chi connectivity index (χ1v) is 9.67. The van der Waals surface area contributed by atoms with Gasteiger partial charge in [0, 0.05) is 12.8 Å². The Bertz CT molecular complexity index is 835. The fourth-order valence-corrected chi connectivity index (χ4v) is 4.29. The van der Waals surface area contributed by atoms with Gasteiger partial charge in [-0.25, -0.2) is 13.4 Å². The monoisotopic (exact) mass is 335 g/mol. The number of carbonyl (C=O) groups is 1. The maximum atomic E-state index is 12.2. The van der Waals surface area contributed by atoms with E-state index in [1.54, 1.807) is 0 Å². The Kier molecular flexibility index (Phi) is 4.14. The second kappa shape index (κ2) is 5.96. The number of imidazole rings is 1. The molecule has 1 N–H and O–H groups in total. The third-order valence-electron chi connectivity index (χ3n) is 4.53. The van der Waals surface area contributed by atoms with Gasteiger partial charge < -0.3 is 9.88 Å². The van der Waals surface area contributed by atoms with Crippen molar-refractivity contribution in [1.82, 2.24) is 14.9 Å². The highest BCUT2D eigenvalue weighted by Crippen LogP contribution is 2.31. The molecule has 0 bridgehead atoms. The topological polar surface area (TPSA) is 81.1 Å². The molecule has 6 nitrogen and oxygen atoms in total. The zero-order valence-electron chi connectivity index (χ0n) is 13.3. The quantitative estimate of drug-likeness (QED) is 0.892. The molecule has 1 amide bonds. The summed E-state index contributed by atoms with van der Waals surface area (Å²) in [5.74, 6) is 1.00. The van der Waals surface area contributed by atoms with Gasteiger partial charge in [0.15, 0.2) is 0 Å². The number of para-hydroxylation sites is 2. The lowest BCUT2D eigenvalue weighted by molar-refractivity contribution is -0.121. The van der Waals surface area contributed by atoms with Gasteiger partial charge >= 0.3 is 0 Å². The third-order valence-corrected chi connectivity index (χ3v) is 6.13. The number of fused-ring (bicyclic) bond motifs is 1. The van der Waals surface area contributed by atoms with Crippen LogP contribution in [0.2, 0.25) is 0 Å². The second-order valence-corrected chi connectivity index (χ2v) is 8.65. The molecule has 0 unspecified atom stereocenters. The van der Waals surface area contributed by atoms with Crippen LogP contribution in [0, 0.1) is 12.8 Å². The summed E-state index contributed by atoms with van der Waals surface area (Å²) >= 11 is 0. The lowest BCUT2D eigenvalue weighted by Crippen LogP contribution is -2.42. The largest absolute Gasteiger partial charge is 0.354 e. The molecule has 0 radical (unpaired) electrons. The summed E-state index contributed by atoms with van der Waals surface area (Å²) < 4.78 is 24.6. The number of amides is 1. The first-order valence-electron chi connectivity index (χ1n) is 7.72. The van der Waals surface area contributed by atoms with E-state index in [1.165, 1.54) is 6.26 Å². The van der Waals surface area contributed by atoms with Gasteiger partial charge in [0.2, 0.25) is 5.91 Å². The van der Waals surface area contributed by atoms with Gasteiger partial charge in [-0.05, 0) is 37.8 Å². The van der Waals surface area contributed by atoms with Gasteiger partial charge in [-0.15, -0.1) is 0 Å². The smallest absolute Gasteiger partial charge is 0.240 e. The van der Waals surface area contributed by atoms with Crippen LogP contribution in [0.5, 0.6) is 0 Å². The molecule has 1 aliphatic rings. The molecule has 0 spiro atoms. The van der Waals surface area contributed by atoms with Crippen LogP contribution in [0.4, 0.5) is 0 Å². The Morgan fingerprint density at radius 1 is 1.35 bits per heavy atom. The number of hydrogen-bond donors (Lipinski definition) is 1. The van der Waals surface area contributed by atoms with E-state index in [1.807, 2.05) is 35.8 Å². The zero-order chi connectivity index (χ0) is 16.6. The van der Waals surface area contributed by atoms with E-state index in [2.05, 4.69) is 10.3 Å². The van der Waals surface area contributed by atoms with Crippen molar-refractivity contribution in [2.75, 3.05) is 12.8 Å². The van der Waals surface area contributed by atoms with E-state index in [-0.39, 0.29) is 23.6 Å². The molecule has 1 heterocycles. The predicted molar refractivity (Wildman–Crippen MR) is 88.8 cm³/mol. The molecular formula is C16H21N3O3S. The van der Waals surface area contributed by atoms with Crippen molar-refractivity contribution in [2.24, 2.45) is 5.92 Å². The van der Waals surface area contributed by atoms with E-state index in [4.69, 9.17) is 0 Å². The minimum Gasteiger partial charge on any atom is -0.354 e. The zero-order valence-corrected chi connectivity index (χ0v) is 14.1. The molecule has 0 aliphatic heterocycles. The van der Waals surface area contributed by atoms with Crippen molar-refractivity contribution in [1.29, 1.82) is 0 Å². The van der Waals surface area contributed by atoms with Crippen LogP contribution in [-0.2, 0) is 21.2 Å². The van der Waals surface area contributed by atoms with Gasteiger partial charge in [0.1, 0.15) is 22.2 Å². The normalized spacial score (nSPS) is 21.1. The molecular weight excluding hydrogens is 314 g/mol. The number of aryl methyl sites for hydroxylation is 1. The summed E-state index contributed by atoms with van der Waals surface area (Å²) in [5.41, 5.74) is 1.83. The van der Waals surface area contributed by atoms with E-state index in [9.17, 15) is 13.2 Å². The lowest BCUT2D eigenvalue weighted by Gasteiger charge is -2.33. The summed E-state index contributed by atoms with van der Waals surface area (Å²) in [6.07, 6.45) is 2.57. The molecule has 23 heavy (non-hydrogen) atoms. The minimum absolute atomic E-state index is 0.0703. The average Bonchev–Trinajstić information content (AvgIpc) is 2.72. The number of hydrogen-bond acceptors (Lipinski definition) is 4. The number of nitrogens with one attached hydrogen (secondary N) is 1. The van der Waals surface area contributed by atoms with Crippen LogP contribution in [0.15, 0.2) is 24.3 Å². The van der Waals surface area contributed by atoms with E-state index < -0.39 is 9.84 Å². The van der Waals surface area contributed by atoms with E-state index >= 15 is 0 Å². The third kappa shape index (κ3) is 3.39. The molecule has 1 saturated carbocycles. The molecule has 7 heteroatoms. The van der Waals surface area contributed by atoms with Crippen molar-refractivity contribution < 1.29 is 13.2 Å². The first kappa shape index (κ1) is 16.0. The fourth-order valence-electron chi connectivity index (χ4n) is 3.04. The van der Waals surface area contributed by atoms with Gasteiger partial charge in [-0.1, -0.05) is 12.1 Å². The molecule has 1 aromatic carbocycles. The summed E-state index contributed by atoms with van der Waals surface area (Å²) in [6, 6.07) is 7.73. The molecule has 3 rings (SSSR count). The van der Waals surface area contributed by atoms with Crippen LogP contribution in [0.3, 0.4) is 0 Å². The number of rotatable bonds is 5. The van der Waals surface area contributed by atoms with Crippen LogP contribution in [0.1, 0.15) is 18.7 Å².